The second-order valence-electron chi connectivity index (χ2n) is 5.44. The summed E-state index contributed by atoms with van der Waals surface area (Å²) in [6.07, 6.45) is 8.21. The quantitative estimate of drug-likeness (QED) is 0.716. The van der Waals surface area contributed by atoms with E-state index in [4.69, 9.17) is 0 Å². The smallest absolute Gasteiger partial charge is 0.241 e. The zero-order valence-corrected chi connectivity index (χ0v) is 11.1. The number of piperidine rings is 1. The molecular weight excluding hydrogens is 242 g/mol. The average Bonchev–Trinajstić information content (AvgIpc) is 3.11. The summed E-state index contributed by atoms with van der Waals surface area (Å²) >= 11 is 0. The molecule has 0 aromatic carbocycles. The fourth-order valence-corrected chi connectivity index (χ4v) is 2.37. The van der Waals surface area contributed by atoms with Crippen molar-refractivity contribution in [3.05, 3.63) is 12.4 Å². The lowest BCUT2D eigenvalue weighted by molar-refractivity contribution is -0.122. The molecule has 2 heterocycles. The monoisotopic (exact) mass is 263 g/mol. The van der Waals surface area contributed by atoms with Crippen LogP contribution in [-0.2, 0) is 11.3 Å². The average molecular weight is 263 g/mol. The molecule has 1 aliphatic heterocycles. The number of nitrogens with one attached hydrogen (secondary N) is 3. The van der Waals surface area contributed by atoms with Gasteiger partial charge < -0.3 is 16.0 Å². The molecule has 2 fully saturated rings. The molecule has 6 nitrogen and oxygen atoms in total. The van der Waals surface area contributed by atoms with Crippen LogP contribution in [0.3, 0.4) is 0 Å². The molecule has 6 heteroatoms. The van der Waals surface area contributed by atoms with E-state index in [1.165, 1.54) is 0 Å². The Bertz CT molecular complexity index is 434. The van der Waals surface area contributed by atoms with E-state index >= 15 is 0 Å². The van der Waals surface area contributed by atoms with E-state index in [2.05, 4.69) is 21.0 Å². The molecule has 1 aromatic rings. The van der Waals surface area contributed by atoms with Crippen molar-refractivity contribution < 1.29 is 4.79 Å². The summed E-state index contributed by atoms with van der Waals surface area (Å²) in [5.41, 5.74) is 1.01. The van der Waals surface area contributed by atoms with Gasteiger partial charge in [-0.3, -0.25) is 9.48 Å². The second-order valence-corrected chi connectivity index (χ2v) is 5.44. The molecular formula is C13H21N5O. The molecule has 1 aromatic heterocycles. The molecule has 3 rings (SSSR count). The van der Waals surface area contributed by atoms with Crippen molar-refractivity contribution in [3.8, 4) is 0 Å². The highest BCUT2D eigenvalue weighted by atomic mass is 16.2. The topological polar surface area (TPSA) is 71.0 Å². The van der Waals surface area contributed by atoms with Gasteiger partial charge in [-0.15, -0.1) is 0 Å². The van der Waals surface area contributed by atoms with Crippen LogP contribution in [0.2, 0.25) is 0 Å². The van der Waals surface area contributed by atoms with Gasteiger partial charge in [-0.2, -0.15) is 5.10 Å². The number of amides is 1. The van der Waals surface area contributed by atoms with Crippen LogP contribution in [0.25, 0.3) is 0 Å². The van der Waals surface area contributed by atoms with Crippen LogP contribution in [0.1, 0.15) is 25.7 Å². The molecule has 0 unspecified atom stereocenters. The molecule has 0 bridgehead atoms. The largest absolute Gasteiger partial charge is 0.380 e. The normalized spacial score (nSPS) is 20.2. The van der Waals surface area contributed by atoms with E-state index in [0.29, 0.717) is 18.6 Å². The Kier molecular flexibility index (Phi) is 3.68. The molecule has 0 radical (unpaired) electrons. The van der Waals surface area contributed by atoms with Crippen molar-refractivity contribution in [2.24, 2.45) is 0 Å². The Balaban J connectivity index is 1.48. The summed E-state index contributed by atoms with van der Waals surface area (Å²) in [6, 6.07) is 0.926. The van der Waals surface area contributed by atoms with Crippen molar-refractivity contribution in [2.75, 3.05) is 18.4 Å². The zero-order chi connectivity index (χ0) is 13.1. The molecule has 1 amide bonds. The van der Waals surface area contributed by atoms with Crippen molar-refractivity contribution in [2.45, 2.75) is 44.3 Å². The first-order valence-corrected chi connectivity index (χ1v) is 7.09. The Hall–Kier alpha value is -1.56. The maximum absolute atomic E-state index is 11.7. The molecule has 104 valence electrons. The lowest BCUT2D eigenvalue weighted by Crippen LogP contribution is -2.35. The van der Waals surface area contributed by atoms with Gasteiger partial charge in [-0.25, -0.2) is 0 Å². The number of hydrogen-bond donors (Lipinski definition) is 3. The van der Waals surface area contributed by atoms with E-state index in [1.807, 2.05) is 6.20 Å². The van der Waals surface area contributed by atoms with Gasteiger partial charge in [0.15, 0.2) is 0 Å². The number of hydrogen-bond acceptors (Lipinski definition) is 4. The Morgan fingerprint density at radius 2 is 2.11 bits per heavy atom. The van der Waals surface area contributed by atoms with Crippen LogP contribution >= 0.6 is 0 Å². The maximum atomic E-state index is 11.7. The number of aromatic nitrogens is 2. The first-order chi connectivity index (χ1) is 9.29. The second kappa shape index (κ2) is 5.61. The SMILES string of the molecule is O=C(Cn1cc(NC2CCNCC2)cn1)NC1CC1. The third kappa shape index (κ3) is 3.70. The van der Waals surface area contributed by atoms with Gasteiger partial charge in [0.05, 0.1) is 11.9 Å². The van der Waals surface area contributed by atoms with Gasteiger partial charge in [0.1, 0.15) is 6.54 Å². The lowest BCUT2D eigenvalue weighted by atomic mass is 10.1. The van der Waals surface area contributed by atoms with Gasteiger partial charge in [-0.1, -0.05) is 0 Å². The minimum Gasteiger partial charge on any atom is -0.380 e. The molecule has 2 aliphatic rings. The minimum atomic E-state index is 0.0546. The first-order valence-electron chi connectivity index (χ1n) is 7.09. The third-order valence-electron chi connectivity index (χ3n) is 3.59. The molecule has 1 saturated carbocycles. The molecule has 19 heavy (non-hydrogen) atoms. The summed E-state index contributed by atoms with van der Waals surface area (Å²) in [5.74, 6) is 0.0546. The van der Waals surface area contributed by atoms with E-state index in [1.54, 1.807) is 10.9 Å². The highest BCUT2D eigenvalue weighted by Gasteiger charge is 2.23. The van der Waals surface area contributed by atoms with Crippen LogP contribution < -0.4 is 16.0 Å². The van der Waals surface area contributed by atoms with Crippen LogP contribution in [0.15, 0.2) is 12.4 Å². The number of anilines is 1. The Morgan fingerprint density at radius 1 is 1.32 bits per heavy atom. The summed E-state index contributed by atoms with van der Waals surface area (Å²) in [4.78, 5) is 11.7. The Morgan fingerprint density at radius 3 is 2.84 bits per heavy atom. The maximum Gasteiger partial charge on any atom is 0.241 e. The van der Waals surface area contributed by atoms with Gasteiger partial charge >= 0.3 is 0 Å². The molecule has 3 N–H and O–H groups in total. The van der Waals surface area contributed by atoms with Crippen LogP contribution in [0.4, 0.5) is 5.69 Å². The van der Waals surface area contributed by atoms with Gasteiger partial charge in [0.25, 0.3) is 0 Å². The molecule has 0 atom stereocenters. The fraction of sp³-hybridized carbons (Fsp3) is 0.692. The van der Waals surface area contributed by atoms with E-state index in [0.717, 1.165) is 44.5 Å². The van der Waals surface area contributed by atoms with E-state index < -0.39 is 0 Å². The van der Waals surface area contributed by atoms with Crippen molar-refractivity contribution >= 4 is 11.6 Å². The minimum absolute atomic E-state index is 0.0546. The first kappa shape index (κ1) is 12.5. The summed E-state index contributed by atoms with van der Waals surface area (Å²) in [7, 11) is 0. The standard InChI is InChI=1S/C13H21N5O/c19-13(17-10-1-2-10)9-18-8-12(7-15-18)16-11-3-5-14-6-4-11/h7-8,10-11,14,16H,1-6,9H2,(H,17,19). The van der Waals surface area contributed by atoms with E-state index in [-0.39, 0.29) is 5.91 Å². The number of carbonyl (C=O) groups is 1. The highest BCUT2D eigenvalue weighted by Crippen LogP contribution is 2.18. The van der Waals surface area contributed by atoms with Gasteiger partial charge in [0.2, 0.25) is 5.91 Å². The molecule has 1 aliphatic carbocycles. The summed E-state index contributed by atoms with van der Waals surface area (Å²) in [5, 5.41) is 14.0. The molecule has 1 saturated heterocycles. The number of carbonyl (C=O) groups excluding carboxylic acids is 1. The number of nitrogens with zero attached hydrogens (tertiary/aromatic N) is 2. The Labute approximate surface area is 112 Å². The fourth-order valence-electron chi connectivity index (χ4n) is 2.37. The van der Waals surface area contributed by atoms with Crippen molar-refractivity contribution in [3.63, 3.8) is 0 Å². The lowest BCUT2D eigenvalue weighted by Gasteiger charge is -2.23. The number of rotatable bonds is 5. The summed E-state index contributed by atoms with van der Waals surface area (Å²) in [6.45, 7) is 2.44. The van der Waals surface area contributed by atoms with Gasteiger partial charge in [0, 0.05) is 18.3 Å². The van der Waals surface area contributed by atoms with Crippen LogP contribution in [0.5, 0.6) is 0 Å². The predicted molar refractivity (Wildman–Crippen MR) is 72.9 cm³/mol. The third-order valence-corrected chi connectivity index (χ3v) is 3.59. The van der Waals surface area contributed by atoms with Crippen LogP contribution in [0, 0.1) is 0 Å². The van der Waals surface area contributed by atoms with Crippen LogP contribution in [-0.4, -0.2) is 40.9 Å². The summed E-state index contributed by atoms with van der Waals surface area (Å²) < 4.78 is 1.70. The zero-order valence-electron chi connectivity index (χ0n) is 11.1. The van der Waals surface area contributed by atoms with Crippen molar-refractivity contribution in [1.29, 1.82) is 0 Å². The predicted octanol–water partition coefficient (Wildman–Crippen LogP) is 0.326. The van der Waals surface area contributed by atoms with Gasteiger partial charge in [-0.05, 0) is 38.8 Å². The molecule has 0 spiro atoms. The van der Waals surface area contributed by atoms with Crippen molar-refractivity contribution in [1.82, 2.24) is 20.4 Å². The highest BCUT2D eigenvalue weighted by molar-refractivity contribution is 5.76. The van der Waals surface area contributed by atoms with E-state index in [9.17, 15) is 4.79 Å².